The van der Waals surface area contributed by atoms with E-state index < -0.39 is 0 Å². The van der Waals surface area contributed by atoms with Crippen molar-refractivity contribution in [3.8, 4) is 0 Å². The summed E-state index contributed by atoms with van der Waals surface area (Å²) in [5.41, 5.74) is 0.288. The van der Waals surface area contributed by atoms with Crippen molar-refractivity contribution in [3.63, 3.8) is 0 Å². The lowest BCUT2D eigenvalue weighted by molar-refractivity contribution is 0.212. The summed E-state index contributed by atoms with van der Waals surface area (Å²) < 4.78 is 0. The van der Waals surface area contributed by atoms with Crippen LogP contribution in [0, 0.1) is 11.8 Å². The molecule has 0 aliphatic heterocycles. The summed E-state index contributed by atoms with van der Waals surface area (Å²) in [6.45, 7) is 10.3. The molecule has 1 aliphatic rings. The molecular weight excluding hydrogens is 194 g/mol. The first-order valence-corrected chi connectivity index (χ1v) is 7.28. The predicted octanol–water partition coefficient (Wildman–Crippen LogP) is 4.37. The maximum atomic E-state index is 3.59. The van der Waals surface area contributed by atoms with Crippen molar-refractivity contribution in [1.29, 1.82) is 0 Å². The van der Waals surface area contributed by atoms with E-state index in [1.165, 1.54) is 51.5 Å². The summed E-state index contributed by atoms with van der Waals surface area (Å²) in [6.07, 6.45) is 10.2. The molecule has 2 unspecified atom stereocenters. The summed E-state index contributed by atoms with van der Waals surface area (Å²) in [5.74, 6) is 2.06. The third-order valence-corrected chi connectivity index (χ3v) is 4.00. The van der Waals surface area contributed by atoms with E-state index in [2.05, 4.69) is 33.0 Å². The molecule has 1 aliphatic carbocycles. The second kappa shape index (κ2) is 6.64. The molecule has 0 aromatic heterocycles. The second-order valence-electron chi connectivity index (χ2n) is 6.53. The Labute approximate surface area is 102 Å². The van der Waals surface area contributed by atoms with Crippen LogP contribution in [0.1, 0.15) is 72.6 Å². The van der Waals surface area contributed by atoms with Crippen LogP contribution in [0.25, 0.3) is 0 Å². The molecule has 1 nitrogen and oxygen atoms in total. The highest BCUT2D eigenvalue weighted by Crippen LogP contribution is 2.34. The maximum Gasteiger partial charge on any atom is 0.00965 e. The molecule has 0 aromatic rings. The Morgan fingerprint density at radius 3 is 2.25 bits per heavy atom. The molecule has 0 aromatic carbocycles. The molecule has 0 bridgehead atoms. The number of hydrogen-bond donors (Lipinski definition) is 1. The van der Waals surface area contributed by atoms with Gasteiger partial charge in [0.15, 0.2) is 0 Å². The van der Waals surface area contributed by atoms with Gasteiger partial charge >= 0.3 is 0 Å². The number of hydrogen-bond acceptors (Lipinski definition) is 1. The molecular formula is C15H31N. The van der Waals surface area contributed by atoms with Crippen LogP contribution < -0.4 is 5.32 Å². The minimum Gasteiger partial charge on any atom is -0.312 e. The third-order valence-electron chi connectivity index (χ3n) is 4.00. The van der Waals surface area contributed by atoms with Crippen LogP contribution in [0.3, 0.4) is 0 Å². The van der Waals surface area contributed by atoms with Gasteiger partial charge in [0.05, 0.1) is 0 Å². The minimum absolute atomic E-state index is 0.288. The van der Waals surface area contributed by atoms with Crippen molar-refractivity contribution in [2.45, 2.75) is 78.2 Å². The van der Waals surface area contributed by atoms with Crippen LogP contribution >= 0.6 is 0 Å². The predicted molar refractivity (Wildman–Crippen MR) is 72.7 cm³/mol. The van der Waals surface area contributed by atoms with Gasteiger partial charge in [0, 0.05) is 5.54 Å². The van der Waals surface area contributed by atoms with Crippen molar-refractivity contribution in [1.82, 2.24) is 5.32 Å². The van der Waals surface area contributed by atoms with Crippen LogP contribution in [0.2, 0.25) is 0 Å². The molecule has 2 atom stereocenters. The summed E-state index contributed by atoms with van der Waals surface area (Å²) in [7, 11) is 0. The Balaban J connectivity index is 2.15. The molecule has 1 rings (SSSR count). The van der Waals surface area contributed by atoms with Gasteiger partial charge in [0.1, 0.15) is 0 Å². The van der Waals surface area contributed by atoms with E-state index in [0.717, 1.165) is 11.8 Å². The highest BCUT2D eigenvalue weighted by atomic mass is 14.9. The molecule has 1 fully saturated rings. The topological polar surface area (TPSA) is 12.0 Å². The van der Waals surface area contributed by atoms with E-state index in [1.54, 1.807) is 0 Å². The van der Waals surface area contributed by atoms with E-state index in [1.807, 2.05) is 0 Å². The minimum atomic E-state index is 0.288. The molecule has 0 spiro atoms. The van der Waals surface area contributed by atoms with Crippen LogP contribution in [0.15, 0.2) is 0 Å². The summed E-state index contributed by atoms with van der Waals surface area (Å²) in [6, 6.07) is 0. The second-order valence-corrected chi connectivity index (χ2v) is 6.53. The molecule has 0 saturated heterocycles. The molecule has 0 heterocycles. The summed E-state index contributed by atoms with van der Waals surface area (Å²) in [5, 5.41) is 3.59. The van der Waals surface area contributed by atoms with Crippen molar-refractivity contribution >= 4 is 0 Å². The third kappa shape index (κ3) is 5.34. The van der Waals surface area contributed by atoms with Crippen LogP contribution in [0.4, 0.5) is 0 Å². The monoisotopic (exact) mass is 225 g/mol. The van der Waals surface area contributed by atoms with Crippen molar-refractivity contribution in [2.75, 3.05) is 6.54 Å². The average molecular weight is 225 g/mol. The molecule has 1 heteroatoms. The van der Waals surface area contributed by atoms with E-state index in [-0.39, 0.29) is 5.54 Å². The number of nitrogens with one attached hydrogen (secondary N) is 1. The largest absolute Gasteiger partial charge is 0.312 e. The SMILES string of the molecule is CCC1CCCCC1CCCNC(C)(C)C. The van der Waals surface area contributed by atoms with Crippen LogP contribution in [-0.2, 0) is 0 Å². The zero-order valence-corrected chi connectivity index (χ0v) is 11.8. The van der Waals surface area contributed by atoms with Gasteiger partial charge in [-0.1, -0.05) is 39.0 Å². The van der Waals surface area contributed by atoms with Gasteiger partial charge in [-0.25, -0.2) is 0 Å². The molecule has 1 saturated carbocycles. The van der Waals surface area contributed by atoms with Gasteiger partial charge < -0.3 is 5.32 Å². The molecule has 16 heavy (non-hydrogen) atoms. The first-order chi connectivity index (χ1) is 7.53. The Kier molecular flexibility index (Phi) is 5.82. The fraction of sp³-hybridized carbons (Fsp3) is 1.00. The zero-order valence-electron chi connectivity index (χ0n) is 11.8. The Hall–Kier alpha value is -0.0400. The fourth-order valence-electron chi connectivity index (χ4n) is 3.03. The fourth-order valence-corrected chi connectivity index (χ4v) is 3.03. The van der Waals surface area contributed by atoms with E-state index in [9.17, 15) is 0 Å². The highest BCUT2D eigenvalue weighted by molar-refractivity contribution is 4.76. The Bertz CT molecular complexity index is 180. The van der Waals surface area contributed by atoms with Gasteiger partial charge in [-0.05, 0) is 52.0 Å². The quantitative estimate of drug-likeness (QED) is 0.685. The van der Waals surface area contributed by atoms with Gasteiger partial charge in [-0.3, -0.25) is 0 Å². The first kappa shape index (κ1) is 14.0. The standard InChI is InChI=1S/C15H31N/c1-5-13-9-6-7-10-14(13)11-8-12-16-15(2,3)4/h13-14,16H,5-12H2,1-4H3. The van der Waals surface area contributed by atoms with E-state index in [4.69, 9.17) is 0 Å². The average Bonchev–Trinajstić information content (AvgIpc) is 2.23. The lowest BCUT2D eigenvalue weighted by atomic mass is 9.76. The normalized spacial score (nSPS) is 27.0. The van der Waals surface area contributed by atoms with Gasteiger partial charge in [-0.15, -0.1) is 0 Å². The summed E-state index contributed by atoms with van der Waals surface area (Å²) >= 11 is 0. The van der Waals surface area contributed by atoms with Crippen LogP contribution in [0.5, 0.6) is 0 Å². The van der Waals surface area contributed by atoms with E-state index >= 15 is 0 Å². The van der Waals surface area contributed by atoms with Crippen molar-refractivity contribution < 1.29 is 0 Å². The Morgan fingerprint density at radius 1 is 1.06 bits per heavy atom. The van der Waals surface area contributed by atoms with Crippen molar-refractivity contribution in [3.05, 3.63) is 0 Å². The molecule has 0 amide bonds. The summed E-state index contributed by atoms with van der Waals surface area (Å²) in [4.78, 5) is 0. The van der Waals surface area contributed by atoms with Gasteiger partial charge in [0.25, 0.3) is 0 Å². The molecule has 1 N–H and O–H groups in total. The van der Waals surface area contributed by atoms with Crippen LogP contribution in [-0.4, -0.2) is 12.1 Å². The molecule has 0 radical (unpaired) electrons. The smallest absolute Gasteiger partial charge is 0.00965 e. The van der Waals surface area contributed by atoms with Crippen molar-refractivity contribution in [2.24, 2.45) is 11.8 Å². The zero-order chi connectivity index (χ0) is 12.0. The van der Waals surface area contributed by atoms with E-state index in [0.29, 0.717) is 0 Å². The lowest BCUT2D eigenvalue weighted by Gasteiger charge is -2.31. The maximum absolute atomic E-state index is 3.59. The molecule has 96 valence electrons. The number of rotatable bonds is 5. The highest BCUT2D eigenvalue weighted by Gasteiger charge is 2.22. The lowest BCUT2D eigenvalue weighted by Crippen LogP contribution is -2.36. The first-order valence-electron chi connectivity index (χ1n) is 7.28. The van der Waals surface area contributed by atoms with Gasteiger partial charge in [0.2, 0.25) is 0 Å². The Morgan fingerprint density at radius 2 is 1.69 bits per heavy atom. The van der Waals surface area contributed by atoms with Gasteiger partial charge in [-0.2, -0.15) is 0 Å².